The molecule has 190 valence electrons. The normalized spacial score (nSPS) is 56.9. The molecule has 0 spiro atoms. The molecule has 4 fully saturated rings. The molecule has 34 heavy (non-hydrogen) atoms. The number of aliphatic carboxylic acids is 1. The number of ketones is 1. The molecule has 0 radical (unpaired) electrons. The van der Waals surface area contributed by atoms with Crippen LogP contribution in [-0.4, -0.2) is 28.1 Å². The highest BCUT2D eigenvalue weighted by atomic mass is 16.4. The van der Waals surface area contributed by atoms with Crippen molar-refractivity contribution in [2.75, 3.05) is 0 Å². The van der Waals surface area contributed by atoms with E-state index in [1.54, 1.807) is 6.92 Å². The van der Waals surface area contributed by atoms with Gasteiger partial charge in [0.25, 0.3) is 0 Å². The zero-order valence-corrected chi connectivity index (χ0v) is 22.4. The third-order valence-corrected chi connectivity index (χ3v) is 13.2. The molecule has 2 N–H and O–H groups in total. The lowest BCUT2D eigenvalue weighted by atomic mass is 9.33. The first kappa shape index (κ1) is 24.5. The maximum absolute atomic E-state index is 14.2. The Morgan fingerprint density at radius 2 is 1.62 bits per heavy atom. The fourth-order valence-electron chi connectivity index (χ4n) is 10.7. The maximum Gasteiger partial charge on any atom is 0.312 e. The molecule has 0 aliphatic heterocycles. The second-order valence-corrected chi connectivity index (χ2v) is 14.4. The number of carboxylic acids is 1. The minimum atomic E-state index is -1.20. The minimum absolute atomic E-state index is 0.0370. The Morgan fingerprint density at radius 3 is 2.26 bits per heavy atom. The van der Waals surface area contributed by atoms with Crippen LogP contribution in [0.3, 0.4) is 0 Å². The summed E-state index contributed by atoms with van der Waals surface area (Å²) < 4.78 is 0. The van der Waals surface area contributed by atoms with Gasteiger partial charge in [-0.1, -0.05) is 47.1 Å². The van der Waals surface area contributed by atoms with E-state index >= 15 is 0 Å². The van der Waals surface area contributed by atoms with Gasteiger partial charge in [-0.3, -0.25) is 9.59 Å². The molecule has 5 aliphatic carbocycles. The summed E-state index contributed by atoms with van der Waals surface area (Å²) in [5, 5.41) is 21.1. The lowest BCUT2D eigenvalue weighted by Gasteiger charge is -2.70. The van der Waals surface area contributed by atoms with E-state index in [1.165, 1.54) is 24.8 Å². The third-order valence-electron chi connectivity index (χ3n) is 13.2. The topological polar surface area (TPSA) is 74.6 Å². The van der Waals surface area contributed by atoms with Crippen molar-refractivity contribution in [3.05, 3.63) is 11.6 Å². The van der Waals surface area contributed by atoms with Crippen molar-refractivity contribution in [1.29, 1.82) is 0 Å². The molecule has 3 unspecified atom stereocenters. The van der Waals surface area contributed by atoms with Crippen LogP contribution in [0.4, 0.5) is 0 Å². The summed E-state index contributed by atoms with van der Waals surface area (Å²) in [6.07, 6.45) is 8.89. The number of aliphatic hydroxyl groups excluding tert-OH is 1. The highest BCUT2D eigenvalue weighted by Crippen LogP contribution is 2.75. The first-order chi connectivity index (χ1) is 15.7. The molecular formula is C30H46O4. The molecule has 4 heteroatoms. The van der Waals surface area contributed by atoms with Crippen LogP contribution in [-0.2, 0) is 9.59 Å². The van der Waals surface area contributed by atoms with Crippen molar-refractivity contribution in [1.82, 2.24) is 0 Å². The van der Waals surface area contributed by atoms with Crippen LogP contribution < -0.4 is 0 Å². The second kappa shape index (κ2) is 7.20. The average Bonchev–Trinajstić information content (AvgIpc) is 2.75. The number of allylic oxidation sites excluding steroid dienone is 2. The van der Waals surface area contributed by atoms with Gasteiger partial charge in [-0.05, 0) is 110 Å². The summed E-state index contributed by atoms with van der Waals surface area (Å²) in [7, 11) is 0. The van der Waals surface area contributed by atoms with Gasteiger partial charge in [0.1, 0.15) is 0 Å². The van der Waals surface area contributed by atoms with E-state index in [0.717, 1.165) is 25.7 Å². The standard InChI is InChI=1S/C30H46O4/c1-17-8-11-26(3)14-15-28(5)19(23(26)18(17)2)16-20(31)24-27(4)12-10-22(32)30(7,25(33)34)21(27)9-13-29(24,28)6/h16-18,21-24,32H,8-15H2,1-7H3,(H,33,34)/t17-,18+,21?,22-,23?,24?,26+,27-,28+,29+,30-/m0/s1. The van der Waals surface area contributed by atoms with Gasteiger partial charge in [-0.25, -0.2) is 0 Å². The van der Waals surface area contributed by atoms with E-state index in [2.05, 4.69) is 47.6 Å². The van der Waals surface area contributed by atoms with Gasteiger partial charge in [0.15, 0.2) is 5.78 Å². The van der Waals surface area contributed by atoms with Crippen molar-refractivity contribution in [3.8, 4) is 0 Å². The molecule has 5 rings (SSSR count). The van der Waals surface area contributed by atoms with Gasteiger partial charge >= 0.3 is 5.97 Å². The molecule has 0 aromatic heterocycles. The second-order valence-electron chi connectivity index (χ2n) is 14.4. The predicted octanol–water partition coefficient (Wildman–Crippen LogP) is 6.27. The zero-order chi connectivity index (χ0) is 25.1. The van der Waals surface area contributed by atoms with Crippen LogP contribution in [0.15, 0.2) is 11.6 Å². The van der Waals surface area contributed by atoms with E-state index in [1.807, 2.05) is 0 Å². The average molecular weight is 471 g/mol. The Hall–Kier alpha value is -1.16. The van der Waals surface area contributed by atoms with Gasteiger partial charge in [-0.2, -0.15) is 0 Å². The summed E-state index contributed by atoms with van der Waals surface area (Å²) in [5.74, 6) is 0.656. The smallest absolute Gasteiger partial charge is 0.312 e. The SMILES string of the molecule is C[C@H]1CC[C@]2(C)CC[C@]3(C)C(=CC(=O)C4[C@@]5(C)CC[C@H](O)[C@@](C)(C(=O)O)C5CC[C@]43C)C2[C@@H]1C. The summed E-state index contributed by atoms with van der Waals surface area (Å²) in [6.45, 7) is 16.0. The van der Waals surface area contributed by atoms with Crippen molar-refractivity contribution in [2.45, 2.75) is 106 Å². The highest BCUT2D eigenvalue weighted by Gasteiger charge is 2.71. The molecule has 4 nitrogen and oxygen atoms in total. The number of carboxylic acid groups (broad SMARTS) is 1. The van der Waals surface area contributed by atoms with Crippen molar-refractivity contribution in [3.63, 3.8) is 0 Å². The number of aliphatic hydroxyl groups is 1. The van der Waals surface area contributed by atoms with Gasteiger partial charge in [-0.15, -0.1) is 0 Å². The van der Waals surface area contributed by atoms with Crippen LogP contribution in [0, 0.1) is 56.7 Å². The lowest BCUT2D eigenvalue weighted by molar-refractivity contribution is -0.215. The number of rotatable bonds is 1. The molecular weight excluding hydrogens is 424 g/mol. The van der Waals surface area contributed by atoms with Gasteiger partial charge < -0.3 is 10.2 Å². The largest absolute Gasteiger partial charge is 0.481 e. The van der Waals surface area contributed by atoms with Crippen LogP contribution >= 0.6 is 0 Å². The van der Waals surface area contributed by atoms with E-state index < -0.39 is 22.9 Å². The highest BCUT2D eigenvalue weighted by molar-refractivity contribution is 5.96. The third kappa shape index (κ3) is 2.70. The summed E-state index contributed by atoms with van der Waals surface area (Å²) >= 11 is 0. The van der Waals surface area contributed by atoms with Crippen LogP contribution in [0.2, 0.25) is 0 Å². The van der Waals surface area contributed by atoms with E-state index in [9.17, 15) is 19.8 Å². The molecule has 11 atom stereocenters. The molecule has 0 amide bonds. The Morgan fingerprint density at radius 1 is 0.941 bits per heavy atom. The molecule has 0 aromatic carbocycles. The summed E-state index contributed by atoms with van der Waals surface area (Å²) in [4.78, 5) is 26.7. The van der Waals surface area contributed by atoms with E-state index in [-0.39, 0.29) is 33.9 Å². The van der Waals surface area contributed by atoms with Crippen LogP contribution in [0.5, 0.6) is 0 Å². The van der Waals surface area contributed by atoms with E-state index in [4.69, 9.17) is 0 Å². The Labute approximate surface area is 206 Å². The van der Waals surface area contributed by atoms with Gasteiger partial charge in [0.2, 0.25) is 0 Å². The molecule has 4 saturated carbocycles. The zero-order valence-electron chi connectivity index (χ0n) is 22.4. The van der Waals surface area contributed by atoms with Crippen molar-refractivity contribution in [2.24, 2.45) is 56.7 Å². The molecule has 5 aliphatic rings. The number of hydrogen-bond acceptors (Lipinski definition) is 3. The number of hydrogen-bond donors (Lipinski definition) is 2. The molecule has 0 heterocycles. The predicted molar refractivity (Wildman–Crippen MR) is 133 cm³/mol. The van der Waals surface area contributed by atoms with E-state index in [0.29, 0.717) is 24.2 Å². The minimum Gasteiger partial charge on any atom is -0.481 e. The van der Waals surface area contributed by atoms with Crippen LogP contribution in [0.25, 0.3) is 0 Å². The number of fused-ring (bicyclic) bond motifs is 7. The Balaban J connectivity index is 1.65. The fraction of sp³-hybridized carbons (Fsp3) is 0.867. The van der Waals surface area contributed by atoms with Crippen molar-refractivity contribution >= 4 is 11.8 Å². The monoisotopic (exact) mass is 470 g/mol. The van der Waals surface area contributed by atoms with Crippen LogP contribution in [0.1, 0.15) is 99.8 Å². The number of carbonyl (C=O) groups excluding carboxylic acids is 1. The first-order valence-corrected chi connectivity index (χ1v) is 13.8. The summed E-state index contributed by atoms with van der Waals surface area (Å²) in [5.41, 5.74) is -0.124. The Kier molecular flexibility index (Phi) is 5.20. The maximum atomic E-state index is 14.2. The lowest BCUT2D eigenvalue weighted by Crippen LogP contribution is -2.68. The fourth-order valence-corrected chi connectivity index (χ4v) is 10.7. The molecule has 0 bridgehead atoms. The first-order valence-electron chi connectivity index (χ1n) is 13.8. The molecule has 0 aromatic rings. The quantitative estimate of drug-likeness (QED) is 0.474. The van der Waals surface area contributed by atoms with Gasteiger partial charge in [0.05, 0.1) is 11.5 Å². The molecule has 0 saturated heterocycles. The summed E-state index contributed by atoms with van der Waals surface area (Å²) in [6, 6.07) is 0. The van der Waals surface area contributed by atoms with Crippen molar-refractivity contribution < 1.29 is 19.8 Å². The Bertz CT molecular complexity index is 953. The number of carbonyl (C=O) groups is 2. The van der Waals surface area contributed by atoms with Gasteiger partial charge in [0, 0.05) is 5.92 Å².